The fraction of sp³-hybridized carbons (Fsp3) is 0.333. The molecule has 0 N–H and O–H groups in total. The summed E-state index contributed by atoms with van der Waals surface area (Å²) in [5.74, 6) is 2.81. The Hall–Kier alpha value is -2.60. The first-order valence-electron chi connectivity index (χ1n) is 8.04. The van der Waals surface area contributed by atoms with Gasteiger partial charge in [0.05, 0.1) is 25.4 Å². The molecule has 0 aliphatic carbocycles. The van der Waals surface area contributed by atoms with Crippen molar-refractivity contribution in [3.05, 3.63) is 65.6 Å². The number of aryl methyl sites for hydroxylation is 1. The van der Waals surface area contributed by atoms with Gasteiger partial charge in [0.2, 0.25) is 0 Å². The van der Waals surface area contributed by atoms with Gasteiger partial charge in [-0.2, -0.15) is 0 Å². The summed E-state index contributed by atoms with van der Waals surface area (Å²) in [6, 6.07) is 10.4. The van der Waals surface area contributed by atoms with E-state index in [0.717, 1.165) is 36.1 Å². The van der Waals surface area contributed by atoms with Gasteiger partial charge in [-0.25, -0.2) is 4.98 Å². The van der Waals surface area contributed by atoms with Crippen molar-refractivity contribution in [1.29, 1.82) is 0 Å². The second-order valence-electron chi connectivity index (χ2n) is 6.09. The number of rotatable bonds is 4. The molecule has 0 saturated carbocycles. The van der Waals surface area contributed by atoms with Crippen LogP contribution in [0, 0.1) is 6.92 Å². The van der Waals surface area contributed by atoms with E-state index in [0.29, 0.717) is 6.54 Å². The van der Waals surface area contributed by atoms with Crippen LogP contribution in [0.15, 0.2) is 47.2 Å². The van der Waals surface area contributed by atoms with Gasteiger partial charge in [0.1, 0.15) is 17.3 Å². The lowest BCUT2D eigenvalue weighted by Gasteiger charge is -2.36. The van der Waals surface area contributed by atoms with E-state index in [1.807, 2.05) is 37.5 Å². The fourth-order valence-electron chi connectivity index (χ4n) is 3.35. The molecule has 0 fully saturated rings. The zero-order valence-electron chi connectivity index (χ0n) is 13.8. The maximum atomic E-state index is 5.58. The number of para-hydroxylation sites is 1. The van der Waals surface area contributed by atoms with Crippen LogP contribution >= 0.6 is 0 Å². The van der Waals surface area contributed by atoms with Crippen LogP contribution in [0.1, 0.15) is 28.9 Å². The summed E-state index contributed by atoms with van der Waals surface area (Å²) < 4.78 is 13.0. The summed E-state index contributed by atoms with van der Waals surface area (Å²) in [4.78, 5) is 6.84. The molecule has 2 aromatic heterocycles. The summed E-state index contributed by atoms with van der Waals surface area (Å²) in [6.07, 6.45) is 3.90. The SMILES string of the molecule is COc1ccccc1[C@H]1Cn2ccnc2CN1Cc1cc(C)on1. The van der Waals surface area contributed by atoms with Crippen molar-refractivity contribution < 1.29 is 9.26 Å². The normalized spacial score (nSPS) is 17.7. The summed E-state index contributed by atoms with van der Waals surface area (Å²) in [5.41, 5.74) is 2.12. The van der Waals surface area contributed by atoms with Crippen LogP contribution in [0.3, 0.4) is 0 Å². The first-order valence-corrected chi connectivity index (χ1v) is 8.04. The third-order valence-electron chi connectivity index (χ3n) is 4.50. The van der Waals surface area contributed by atoms with E-state index in [4.69, 9.17) is 9.26 Å². The number of fused-ring (bicyclic) bond motifs is 1. The molecule has 6 nitrogen and oxygen atoms in total. The van der Waals surface area contributed by atoms with E-state index in [1.165, 1.54) is 5.56 Å². The van der Waals surface area contributed by atoms with Gasteiger partial charge >= 0.3 is 0 Å². The smallest absolute Gasteiger partial charge is 0.133 e. The number of imidazole rings is 1. The zero-order valence-corrected chi connectivity index (χ0v) is 13.8. The molecule has 0 spiro atoms. The van der Waals surface area contributed by atoms with Crippen LogP contribution in [0.5, 0.6) is 5.75 Å². The Labute approximate surface area is 140 Å². The highest BCUT2D eigenvalue weighted by atomic mass is 16.5. The molecule has 6 heteroatoms. The summed E-state index contributed by atoms with van der Waals surface area (Å²) in [6.45, 7) is 4.23. The molecule has 3 aromatic rings. The summed E-state index contributed by atoms with van der Waals surface area (Å²) >= 11 is 0. The van der Waals surface area contributed by atoms with Crippen LogP contribution in [-0.4, -0.2) is 26.7 Å². The molecule has 0 radical (unpaired) electrons. The van der Waals surface area contributed by atoms with E-state index < -0.39 is 0 Å². The van der Waals surface area contributed by atoms with Gasteiger partial charge in [0.25, 0.3) is 0 Å². The Kier molecular flexibility index (Phi) is 3.82. The zero-order chi connectivity index (χ0) is 16.5. The van der Waals surface area contributed by atoms with E-state index in [1.54, 1.807) is 7.11 Å². The number of nitrogens with zero attached hydrogens (tertiary/aromatic N) is 4. The molecule has 1 aromatic carbocycles. The van der Waals surface area contributed by atoms with Crippen molar-refractivity contribution in [3.8, 4) is 5.75 Å². The average molecular weight is 324 g/mol. The Morgan fingerprint density at radius 2 is 2.21 bits per heavy atom. The number of methoxy groups -OCH3 is 1. The van der Waals surface area contributed by atoms with Gasteiger partial charge in [-0.3, -0.25) is 4.90 Å². The molecule has 1 aliphatic heterocycles. The second-order valence-corrected chi connectivity index (χ2v) is 6.09. The standard InChI is InChI=1S/C18H20N4O2/c1-13-9-14(20-24-13)10-22-12-18-19-7-8-21(18)11-16(22)15-5-3-4-6-17(15)23-2/h3-9,16H,10-12H2,1-2H3/t16-/m1/s1. The molecule has 0 amide bonds. The first-order chi connectivity index (χ1) is 11.7. The molecule has 0 unspecified atom stereocenters. The van der Waals surface area contributed by atoms with Crippen LogP contribution in [0.2, 0.25) is 0 Å². The average Bonchev–Trinajstić information content (AvgIpc) is 3.22. The topological polar surface area (TPSA) is 56.3 Å². The molecule has 1 atom stereocenters. The molecular formula is C18H20N4O2. The van der Waals surface area contributed by atoms with Gasteiger partial charge in [-0.05, 0) is 13.0 Å². The van der Waals surface area contributed by atoms with Crippen molar-refractivity contribution >= 4 is 0 Å². The lowest BCUT2D eigenvalue weighted by molar-refractivity contribution is 0.122. The summed E-state index contributed by atoms with van der Waals surface area (Å²) in [7, 11) is 1.72. The second kappa shape index (κ2) is 6.13. The van der Waals surface area contributed by atoms with Gasteiger partial charge < -0.3 is 13.8 Å². The van der Waals surface area contributed by atoms with E-state index in [9.17, 15) is 0 Å². The first kappa shape index (κ1) is 15.0. The van der Waals surface area contributed by atoms with E-state index in [2.05, 4.69) is 31.7 Å². The Morgan fingerprint density at radius 3 is 3.00 bits per heavy atom. The van der Waals surface area contributed by atoms with Crippen LogP contribution in [0.4, 0.5) is 0 Å². The maximum Gasteiger partial charge on any atom is 0.133 e. The number of hydrogen-bond acceptors (Lipinski definition) is 5. The quantitative estimate of drug-likeness (QED) is 0.738. The van der Waals surface area contributed by atoms with Crippen molar-refractivity contribution in [2.75, 3.05) is 7.11 Å². The van der Waals surface area contributed by atoms with Crippen molar-refractivity contribution in [2.24, 2.45) is 0 Å². The summed E-state index contributed by atoms with van der Waals surface area (Å²) in [5, 5.41) is 4.15. The Balaban J connectivity index is 1.70. The third-order valence-corrected chi connectivity index (χ3v) is 4.50. The largest absolute Gasteiger partial charge is 0.496 e. The molecule has 4 rings (SSSR count). The fourth-order valence-corrected chi connectivity index (χ4v) is 3.35. The van der Waals surface area contributed by atoms with Crippen molar-refractivity contribution in [3.63, 3.8) is 0 Å². The highest BCUT2D eigenvalue weighted by molar-refractivity contribution is 5.36. The highest BCUT2D eigenvalue weighted by Crippen LogP contribution is 2.35. The van der Waals surface area contributed by atoms with Crippen LogP contribution < -0.4 is 4.74 Å². The lowest BCUT2D eigenvalue weighted by Crippen LogP contribution is -2.36. The van der Waals surface area contributed by atoms with E-state index in [-0.39, 0.29) is 6.04 Å². The predicted octanol–water partition coefficient (Wildman–Crippen LogP) is 2.95. The number of benzene rings is 1. The number of ether oxygens (including phenoxy) is 1. The van der Waals surface area contributed by atoms with Gasteiger partial charge in [0.15, 0.2) is 0 Å². The van der Waals surface area contributed by atoms with Gasteiger partial charge in [-0.15, -0.1) is 0 Å². The minimum absolute atomic E-state index is 0.194. The number of aromatic nitrogens is 3. The van der Waals surface area contributed by atoms with Gasteiger partial charge in [0, 0.05) is 37.1 Å². The Morgan fingerprint density at radius 1 is 1.33 bits per heavy atom. The molecular weight excluding hydrogens is 304 g/mol. The molecule has 24 heavy (non-hydrogen) atoms. The third kappa shape index (κ3) is 2.69. The minimum atomic E-state index is 0.194. The minimum Gasteiger partial charge on any atom is -0.496 e. The van der Waals surface area contributed by atoms with Crippen LogP contribution in [0.25, 0.3) is 0 Å². The van der Waals surface area contributed by atoms with E-state index >= 15 is 0 Å². The predicted molar refractivity (Wildman–Crippen MR) is 88.4 cm³/mol. The van der Waals surface area contributed by atoms with Crippen molar-refractivity contribution in [2.45, 2.75) is 32.6 Å². The maximum absolute atomic E-state index is 5.58. The molecule has 124 valence electrons. The van der Waals surface area contributed by atoms with Crippen LogP contribution in [-0.2, 0) is 19.6 Å². The lowest BCUT2D eigenvalue weighted by atomic mass is 10.0. The molecule has 0 saturated heterocycles. The molecule has 1 aliphatic rings. The Bertz CT molecular complexity index is 839. The van der Waals surface area contributed by atoms with Crippen molar-refractivity contribution in [1.82, 2.24) is 19.6 Å². The monoisotopic (exact) mass is 324 g/mol. The highest BCUT2D eigenvalue weighted by Gasteiger charge is 2.30. The van der Waals surface area contributed by atoms with Gasteiger partial charge in [-0.1, -0.05) is 23.4 Å². The number of hydrogen-bond donors (Lipinski definition) is 0. The molecule has 0 bridgehead atoms. The molecule has 3 heterocycles.